The van der Waals surface area contributed by atoms with Gasteiger partial charge in [-0.25, -0.2) is 4.39 Å². The van der Waals surface area contributed by atoms with Crippen molar-refractivity contribution in [2.75, 3.05) is 0 Å². The van der Waals surface area contributed by atoms with Crippen molar-refractivity contribution >= 4 is 17.4 Å². The van der Waals surface area contributed by atoms with Crippen LogP contribution in [0.15, 0.2) is 12.1 Å². The fourth-order valence-corrected chi connectivity index (χ4v) is 1.81. The number of hydrogen-bond acceptors (Lipinski definition) is 1. The van der Waals surface area contributed by atoms with Gasteiger partial charge in [0.15, 0.2) is 5.78 Å². The molecule has 1 aromatic rings. The Bertz CT molecular complexity index is 435. The molecule has 0 heterocycles. The maximum atomic E-state index is 13.1. The molecule has 0 bridgehead atoms. The summed E-state index contributed by atoms with van der Waals surface area (Å²) in [6.45, 7) is 3.56. The van der Waals surface area contributed by atoms with Gasteiger partial charge in [-0.2, -0.15) is 0 Å². The van der Waals surface area contributed by atoms with Crippen molar-refractivity contribution in [1.82, 2.24) is 0 Å². The third-order valence-electron chi connectivity index (χ3n) is 3.04. The van der Waals surface area contributed by atoms with Gasteiger partial charge >= 0.3 is 0 Å². The van der Waals surface area contributed by atoms with Crippen molar-refractivity contribution in [1.29, 1.82) is 0 Å². The van der Waals surface area contributed by atoms with Gasteiger partial charge in [-0.15, -0.1) is 0 Å². The van der Waals surface area contributed by atoms with Crippen molar-refractivity contribution in [3.05, 3.63) is 34.1 Å². The summed E-state index contributed by atoms with van der Waals surface area (Å²) in [7, 11) is 0. The van der Waals surface area contributed by atoms with Crippen LogP contribution >= 0.6 is 11.6 Å². The summed E-state index contributed by atoms with van der Waals surface area (Å²) in [5, 5.41) is 0.219. The Kier molecular flexibility index (Phi) is 2.34. The molecule has 1 aromatic carbocycles. The number of aryl methyl sites for hydroxylation is 1. The molecule has 0 radical (unpaired) electrons. The van der Waals surface area contributed by atoms with Gasteiger partial charge in [-0.05, 0) is 37.5 Å². The highest BCUT2D eigenvalue weighted by Crippen LogP contribution is 2.48. The number of halogens is 2. The molecule has 0 atom stereocenters. The summed E-state index contributed by atoms with van der Waals surface area (Å²) in [5.41, 5.74) is 0.663. The van der Waals surface area contributed by atoms with Crippen molar-refractivity contribution < 1.29 is 9.18 Å². The Morgan fingerprint density at radius 2 is 2.07 bits per heavy atom. The Hall–Kier alpha value is -0.890. The Labute approximate surface area is 93.2 Å². The zero-order valence-electron chi connectivity index (χ0n) is 8.73. The molecule has 80 valence electrons. The summed E-state index contributed by atoms with van der Waals surface area (Å²) in [4.78, 5) is 12.0. The average molecular weight is 227 g/mol. The fourth-order valence-electron chi connectivity index (χ4n) is 1.57. The monoisotopic (exact) mass is 226 g/mol. The maximum Gasteiger partial charge on any atom is 0.170 e. The molecular formula is C12H12ClFO. The SMILES string of the molecule is Cc1cc(C(=O)C2(C)CC2)c(Cl)cc1F. The van der Waals surface area contributed by atoms with Gasteiger partial charge in [-0.1, -0.05) is 18.5 Å². The van der Waals surface area contributed by atoms with E-state index in [2.05, 4.69) is 0 Å². The molecule has 15 heavy (non-hydrogen) atoms. The lowest BCUT2D eigenvalue weighted by molar-refractivity contribution is 0.0912. The molecule has 1 nitrogen and oxygen atoms in total. The summed E-state index contributed by atoms with van der Waals surface area (Å²) in [6.07, 6.45) is 1.80. The minimum atomic E-state index is -0.363. The molecule has 2 rings (SSSR count). The quantitative estimate of drug-likeness (QED) is 0.702. The number of Topliss-reactive ketones (excluding diaryl/α,β-unsaturated/α-hetero) is 1. The van der Waals surface area contributed by atoms with Gasteiger partial charge in [0.05, 0.1) is 5.02 Å². The molecule has 3 heteroatoms. The summed E-state index contributed by atoms with van der Waals surface area (Å²) < 4.78 is 13.1. The number of ketones is 1. The van der Waals surface area contributed by atoms with Crippen molar-refractivity contribution in [2.24, 2.45) is 5.41 Å². The summed E-state index contributed by atoms with van der Waals surface area (Å²) >= 11 is 5.87. The molecule has 1 aliphatic carbocycles. The highest BCUT2D eigenvalue weighted by molar-refractivity contribution is 6.34. The molecule has 0 amide bonds. The van der Waals surface area contributed by atoms with Crippen molar-refractivity contribution in [2.45, 2.75) is 26.7 Å². The van der Waals surface area contributed by atoms with E-state index in [1.54, 1.807) is 13.0 Å². The lowest BCUT2D eigenvalue weighted by atomic mass is 9.95. The second kappa shape index (κ2) is 3.31. The normalized spacial score (nSPS) is 17.6. The highest BCUT2D eigenvalue weighted by atomic mass is 35.5. The molecule has 1 aliphatic rings. The second-order valence-corrected chi connectivity index (χ2v) is 4.88. The second-order valence-electron chi connectivity index (χ2n) is 4.47. The van der Waals surface area contributed by atoms with Crippen molar-refractivity contribution in [3.8, 4) is 0 Å². The van der Waals surface area contributed by atoms with Gasteiger partial charge in [0.1, 0.15) is 5.82 Å². The minimum absolute atomic E-state index is 0.0376. The van der Waals surface area contributed by atoms with Gasteiger partial charge in [0.25, 0.3) is 0 Å². The van der Waals surface area contributed by atoms with E-state index in [9.17, 15) is 9.18 Å². The molecule has 0 aromatic heterocycles. The van der Waals surface area contributed by atoms with Crippen LogP contribution in [0.2, 0.25) is 5.02 Å². The van der Waals surface area contributed by atoms with E-state index < -0.39 is 0 Å². The minimum Gasteiger partial charge on any atom is -0.294 e. The van der Waals surface area contributed by atoms with Crippen LogP contribution in [-0.2, 0) is 0 Å². The van der Waals surface area contributed by atoms with Crippen LogP contribution in [0, 0.1) is 18.2 Å². The molecular weight excluding hydrogens is 215 g/mol. The topological polar surface area (TPSA) is 17.1 Å². The first-order chi connectivity index (χ1) is 6.94. The largest absolute Gasteiger partial charge is 0.294 e. The molecule has 1 saturated carbocycles. The number of carbonyl (C=O) groups excluding carboxylic acids is 1. The zero-order valence-corrected chi connectivity index (χ0v) is 9.49. The van der Waals surface area contributed by atoms with E-state index >= 15 is 0 Å². The standard InChI is InChI=1S/C12H12ClFO/c1-7-5-8(9(13)6-10(7)14)11(15)12(2)3-4-12/h5-6H,3-4H2,1-2H3. The fraction of sp³-hybridized carbons (Fsp3) is 0.417. The molecule has 0 aliphatic heterocycles. The number of hydrogen-bond donors (Lipinski definition) is 0. The van der Waals surface area contributed by atoms with Crippen LogP contribution in [-0.4, -0.2) is 5.78 Å². The van der Waals surface area contributed by atoms with Gasteiger partial charge in [-0.3, -0.25) is 4.79 Å². The van der Waals surface area contributed by atoms with E-state index in [0.29, 0.717) is 11.1 Å². The predicted octanol–water partition coefficient (Wildman–Crippen LogP) is 3.77. The van der Waals surface area contributed by atoms with Crippen LogP contribution < -0.4 is 0 Å². The third-order valence-corrected chi connectivity index (χ3v) is 3.35. The number of benzene rings is 1. The van der Waals surface area contributed by atoms with Crippen LogP contribution in [0.1, 0.15) is 35.7 Å². The lowest BCUT2D eigenvalue weighted by Crippen LogP contribution is -2.13. The molecule has 0 saturated heterocycles. The first-order valence-corrected chi connectivity index (χ1v) is 5.32. The maximum absolute atomic E-state index is 13.1. The van der Waals surface area contributed by atoms with Gasteiger partial charge in [0.2, 0.25) is 0 Å². The van der Waals surface area contributed by atoms with Crippen molar-refractivity contribution in [3.63, 3.8) is 0 Å². The summed E-state index contributed by atoms with van der Waals surface area (Å²) in [6, 6.07) is 2.76. The van der Waals surface area contributed by atoms with Gasteiger partial charge < -0.3 is 0 Å². The predicted molar refractivity (Wildman–Crippen MR) is 57.8 cm³/mol. The smallest absolute Gasteiger partial charge is 0.170 e. The molecule has 0 unspecified atom stereocenters. The Morgan fingerprint density at radius 3 is 2.60 bits per heavy atom. The third kappa shape index (κ3) is 1.78. The first-order valence-electron chi connectivity index (χ1n) is 4.94. The Morgan fingerprint density at radius 1 is 1.47 bits per heavy atom. The first kappa shape index (κ1) is 10.6. The molecule has 1 fully saturated rings. The number of carbonyl (C=O) groups is 1. The van der Waals surface area contributed by atoms with Crippen LogP contribution in [0.25, 0.3) is 0 Å². The highest BCUT2D eigenvalue weighted by Gasteiger charge is 2.45. The van der Waals surface area contributed by atoms with Crippen LogP contribution in [0.4, 0.5) is 4.39 Å². The van der Waals surface area contributed by atoms with E-state index in [4.69, 9.17) is 11.6 Å². The van der Waals surface area contributed by atoms with E-state index in [1.165, 1.54) is 6.07 Å². The lowest BCUT2D eigenvalue weighted by Gasteiger charge is -2.10. The average Bonchev–Trinajstić information content (AvgIpc) is 2.90. The summed E-state index contributed by atoms with van der Waals surface area (Å²) in [5.74, 6) is -0.326. The van der Waals surface area contributed by atoms with Crippen LogP contribution in [0.3, 0.4) is 0 Å². The van der Waals surface area contributed by atoms with E-state index in [-0.39, 0.29) is 22.0 Å². The number of rotatable bonds is 2. The molecule has 0 N–H and O–H groups in total. The van der Waals surface area contributed by atoms with E-state index in [1.807, 2.05) is 6.92 Å². The zero-order chi connectivity index (χ0) is 11.2. The van der Waals surface area contributed by atoms with E-state index in [0.717, 1.165) is 12.8 Å². The Balaban J connectivity index is 2.44. The van der Waals surface area contributed by atoms with Gasteiger partial charge in [0, 0.05) is 11.0 Å². The molecule has 0 spiro atoms. The van der Waals surface area contributed by atoms with Crippen LogP contribution in [0.5, 0.6) is 0 Å².